The van der Waals surface area contributed by atoms with E-state index in [9.17, 15) is 0 Å². The van der Waals surface area contributed by atoms with Crippen molar-refractivity contribution in [3.63, 3.8) is 0 Å². The summed E-state index contributed by atoms with van der Waals surface area (Å²) in [6.45, 7) is 4.48. The standard InChI is InChI=1S/C17H24N2O/c1-12-11-19(15-9-14-7-8-17(15)20-14)16(10-18-12)13-5-3-2-4-6-13/h2-6,12,14-18H,7-11H2,1H3. The van der Waals surface area contributed by atoms with Crippen LogP contribution in [0.3, 0.4) is 0 Å². The number of ether oxygens (including phenoxy) is 1. The Morgan fingerprint density at radius 1 is 1.20 bits per heavy atom. The molecule has 0 aromatic heterocycles. The Morgan fingerprint density at radius 3 is 2.75 bits per heavy atom. The van der Waals surface area contributed by atoms with Crippen molar-refractivity contribution in [3.8, 4) is 0 Å². The van der Waals surface area contributed by atoms with Crippen molar-refractivity contribution in [2.45, 2.75) is 56.5 Å². The topological polar surface area (TPSA) is 24.5 Å². The predicted molar refractivity (Wildman–Crippen MR) is 79.7 cm³/mol. The maximum Gasteiger partial charge on any atom is 0.0736 e. The van der Waals surface area contributed by atoms with Gasteiger partial charge in [0.25, 0.3) is 0 Å². The molecule has 3 saturated heterocycles. The molecule has 0 saturated carbocycles. The van der Waals surface area contributed by atoms with Crippen LogP contribution in [-0.4, -0.2) is 42.3 Å². The Bertz CT molecular complexity index is 463. The van der Waals surface area contributed by atoms with Gasteiger partial charge in [0.1, 0.15) is 0 Å². The maximum absolute atomic E-state index is 6.10. The first-order chi connectivity index (χ1) is 9.81. The summed E-state index contributed by atoms with van der Waals surface area (Å²) >= 11 is 0. The predicted octanol–water partition coefficient (Wildman–Crippen LogP) is 2.34. The van der Waals surface area contributed by atoms with Crippen LogP contribution in [0.4, 0.5) is 0 Å². The minimum Gasteiger partial charge on any atom is -0.373 e. The molecule has 3 heterocycles. The van der Waals surface area contributed by atoms with E-state index in [1.165, 1.54) is 24.8 Å². The summed E-state index contributed by atoms with van der Waals surface area (Å²) in [6, 6.07) is 12.7. The molecule has 4 rings (SSSR count). The number of hydrogen-bond donors (Lipinski definition) is 1. The molecular weight excluding hydrogens is 248 g/mol. The molecular formula is C17H24N2O. The Balaban J connectivity index is 1.60. The Labute approximate surface area is 121 Å². The molecule has 108 valence electrons. The number of hydrogen-bond acceptors (Lipinski definition) is 3. The molecule has 2 bridgehead atoms. The van der Waals surface area contributed by atoms with Gasteiger partial charge in [-0.05, 0) is 31.7 Å². The van der Waals surface area contributed by atoms with Crippen LogP contribution in [0, 0.1) is 0 Å². The summed E-state index contributed by atoms with van der Waals surface area (Å²) < 4.78 is 6.10. The summed E-state index contributed by atoms with van der Waals surface area (Å²) in [5, 5.41) is 3.65. The molecule has 1 aromatic rings. The molecule has 3 heteroatoms. The highest BCUT2D eigenvalue weighted by atomic mass is 16.5. The van der Waals surface area contributed by atoms with E-state index >= 15 is 0 Å². The largest absolute Gasteiger partial charge is 0.373 e. The third-order valence-electron chi connectivity index (χ3n) is 5.23. The van der Waals surface area contributed by atoms with Crippen LogP contribution < -0.4 is 5.32 Å². The van der Waals surface area contributed by atoms with Crippen LogP contribution in [0.25, 0.3) is 0 Å². The molecule has 3 nitrogen and oxygen atoms in total. The molecule has 0 amide bonds. The Hall–Kier alpha value is -0.900. The van der Waals surface area contributed by atoms with Gasteiger partial charge in [-0.1, -0.05) is 30.3 Å². The van der Waals surface area contributed by atoms with Gasteiger partial charge < -0.3 is 10.1 Å². The number of nitrogens with zero attached hydrogens (tertiary/aromatic N) is 1. The van der Waals surface area contributed by atoms with Crippen LogP contribution in [0.5, 0.6) is 0 Å². The van der Waals surface area contributed by atoms with Crippen molar-refractivity contribution in [2.75, 3.05) is 13.1 Å². The van der Waals surface area contributed by atoms with Crippen LogP contribution >= 0.6 is 0 Å². The lowest BCUT2D eigenvalue weighted by Gasteiger charge is -2.44. The fourth-order valence-electron chi connectivity index (χ4n) is 4.25. The number of nitrogens with one attached hydrogen (secondary N) is 1. The summed E-state index contributed by atoms with van der Waals surface area (Å²) in [5.74, 6) is 0. The number of benzene rings is 1. The lowest BCUT2D eigenvalue weighted by molar-refractivity contribution is 0.0321. The minimum absolute atomic E-state index is 0.483. The monoisotopic (exact) mass is 272 g/mol. The molecule has 0 radical (unpaired) electrons. The highest BCUT2D eigenvalue weighted by Crippen LogP contribution is 2.40. The Morgan fingerprint density at radius 2 is 2.05 bits per heavy atom. The second-order valence-electron chi connectivity index (χ2n) is 6.61. The minimum atomic E-state index is 0.483. The van der Waals surface area contributed by atoms with Gasteiger partial charge in [0, 0.05) is 31.2 Å². The molecule has 1 aromatic carbocycles. The summed E-state index contributed by atoms with van der Waals surface area (Å²) in [6.07, 6.45) is 4.79. The van der Waals surface area contributed by atoms with Gasteiger partial charge in [0.2, 0.25) is 0 Å². The van der Waals surface area contributed by atoms with Gasteiger partial charge in [-0.3, -0.25) is 4.90 Å². The number of fused-ring (bicyclic) bond motifs is 2. The van der Waals surface area contributed by atoms with Crippen molar-refractivity contribution < 1.29 is 4.74 Å². The van der Waals surface area contributed by atoms with E-state index in [2.05, 4.69) is 47.5 Å². The smallest absolute Gasteiger partial charge is 0.0736 e. The molecule has 3 fully saturated rings. The maximum atomic E-state index is 6.10. The van der Waals surface area contributed by atoms with Crippen LogP contribution in [0.1, 0.15) is 37.8 Å². The first-order valence-electron chi connectivity index (χ1n) is 8.01. The average Bonchev–Trinajstić information content (AvgIpc) is 3.11. The Kier molecular flexibility index (Phi) is 3.29. The first-order valence-corrected chi connectivity index (χ1v) is 8.01. The lowest BCUT2D eigenvalue weighted by Crippen LogP contribution is -2.56. The van der Waals surface area contributed by atoms with Crippen LogP contribution in [0.15, 0.2) is 30.3 Å². The molecule has 0 aliphatic carbocycles. The molecule has 5 atom stereocenters. The second-order valence-corrected chi connectivity index (χ2v) is 6.61. The van der Waals surface area contributed by atoms with E-state index in [4.69, 9.17) is 4.74 Å². The van der Waals surface area contributed by atoms with Crippen LogP contribution in [-0.2, 0) is 4.74 Å². The number of rotatable bonds is 2. The highest BCUT2D eigenvalue weighted by molar-refractivity contribution is 5.21. The van der Waals surface area contributed by atoms with Crippen LogP contribution in [0.2, 0.25) is 0 Å². The summed E-state index contributed by atoms with van der Waals surface area (Å²) in [7, 11) is 0. The number of piperazine rings is 1. The van der Waals surface area contributed by atoms with E-state index < -0.39 is 0 Å². The summed E-state index contributed by atoms with van der Waals surface area (Å²) in [5.41, 5.74) is 1.44. The molecule has 5 unspecified atom stereocenters. The SMILES string of the molecule is CC1CN(C2CC3CCC2O3)C(c2ccccc2)CN1. The van der Waals surface area contributed by atoms with Gasteiger partial charge in [-0.2, -0.15) is 0 Å². The van der Waals surface area contributed by atoms with Gasteiger partial charge in [-0.15, -0.1) is 0 Å². The third-order valence-corrected chi connectivity index (χ3v) is 5.23. The molecule has 3 aliphatic rings. The van der Waals surface area contributed by atoms with E-state index in [0.717, 1.165) is 13.1 Å². The fourth-order valence-corrected chi connectivity index (χ4v) is 4.25. The fraction of sp³-hybridized carbons (Fsp3) is 0.647. The van der Waals surface area contributed by atoms with E-state index in [1.807, 2.05) is 0 Å². The van der Waals surface area contributed by atoms with Crippen molar-refractivity contribution in [3.05, 3.63) is 35.9 Å². The summed E-state index contributed by atoms with van der Waals surface area (Å²) in [4.78, 5) is 2.72. The third kappa shape index (κ3) is 2.18. The van der Waals surface area contributed by atoms with Crippen molar-refractivity contribution >= 4 is 0 Å². The lowest BCUT2D eigenvalue weighted by atomic mass is 9.90. The van der Waals surface area contributed by atoms with E-state index in [1.54, 1.807) is 0 Å². The zero-order chi connectivity index (χ0) is 13.5. The van der Waals surface area contributed by atoms with E-state index in [0.29, 0.717) is 30.3 Å². The van der Waals surface area contributed by atoms with Crippen molar-refractivity contribution in [1.29, 1.82) is 0 Å². The van der Waals surface area contributed by atoms with Gasteiger partial charge in [-0.25, -0.2) is 0 Å². The zero-order valence-electron chi connectivity index (χ0n) is 12.2. The molecule has 3 aliphatic heterocycles. The van der Waals surface area contributed by atoms with E-state index in [-0.39, 0.29) is 0 Å². The second kappa shape index (κ2) is 5.14. The van der Waals surface area contributed by atoms with Crippen molar-refractivity contribution in [2.24, 2.45) is 0 Å². The normalized spacial score (nSPS) is 41.1. The van der Waals surface area contributed by atoms with Crippen molar-refractivity contribution in [1.82, 2.24) is 10.2 Å². The molecule has 1 N–H and O–H groups in total. The molecule has 0 spiro atoms. The quantitative estimate of drug-likeness (QED) is 0.894. The van der Waals surface area contributed by atoms with Gasteiger partial charge in [0.05, 0.1) is 12.2 Å². The first kappa shape index (κ1) is 12.8. The van der Waals surface area contributed by atoms with Gasteiger partial charge >= 0.3 is 0 Å². The average molecular weight is 272 g/mol. The van der Waals surface area contributed by atoms with Gasteiger partial charge in [0.15, 0.2) is 0 Å². The highest BCUT2D eigenvalue weighted by Gasteiger charge is 2.46. The molecule has 20 heavy (non-hydrogen) atoms. The zero-order valence-corrected chi connectivity index (χ0v) is 12.2.